The van der Waals surface area contributed by atoms with Gasteiger partial charge in [0.1, 0.15) is 12.4 Å². The third-order valence-corrected chi connectivity index (χ3v) is 4.74. The Labute approximate surface area is 141 Å². The van der Waals surface area contributed by atoms with E-state index in [4.69, 9.17) is 4.74 Å². The quantitative estimate of drug-likeness (QED) is 0.873. The van der Waals surface area contributed by atoms with E-state index in [9.17, 15) is 4.79 Å². The molecule has 0 saturated heterocycles. The highest BCUT2D eigenvalue weighted by Gasteiger charge is 2.32. The Hall–Kier alpha value is -2.75. The van der Waals surface area contributed by atoms with Gasteiger partial charge in [-0.2, -0.15) is 0 Å². The van der Waals surface area contributed by atoms with Crippen LogP contribution in [0.15, 0.2) is 42.5 Å². The van der Waals surface area contributed by atoms with E-state index < -0.39 is 0 Å². The number of hydrogen-bond donors (Lipinski definition) is 1. The van der Waals surface area contributed by atoms with Crippen LogP contribution in [0, 0.1) is 0 Å². The Morgan fingerprint density at radius 2 is 1.88 bits per heavy atom. The highest BCUT2D eigenvalue weighted by Crippen LogP contribution is 2.42. The van der Waals surface area contributed by atoms with Gasteiger partial charge in [-0.25, -0.2) is 0 Å². The number of carbonyl (C=O) groups excluding carboxylic acids is 1. The summed E-state index contributed by atoms with van der Waals surface area (Å²) in [7, 11) is 0. The fourth-order valence-corrected chi connectivity index (χ4v) is 3.46. The predicted molar refractivity (Wildman–Crippen MR) is 96.7 cm³/mol. The van der Waals surface area contributed by atoms with E-state index >= 15 is 0 Å². The zero-order chi connectivity index (χ0) is 16.7. The molecule has 0 aromatic heterocycles. The minimum atomic E-state index is -0.0905. The lowest BCUT2D eigenvalue weighted by atomic mass is 10.00. The number of nitrogens with one attached hydrogen (secondary N) is 1. The third kappa shape index (κ3) is 2.18. The summed E-state index contributed by atoms with van der Waals surface area (Å²) in [4.78, 5) is 14.8. The molecule has 1 N–H and O–H groups in total. The molecule has 2 aromatic rings. The molecule has 4 heteroatoms. The summed E-state index contributed by atoms with van der Waals surface area (Å²) in [5.74, 6) is 0.605. The van der Waals surface area contributed by atoms with Crippen molar-refractivity contribution in [1.29, 1.82) is 0 Å². The average molecular weight is 320 g/mol. The van der Waals surface area contributed by atoms with Gasteiger partial charge in [0.15, 0.2) is 0 Å². The Balaban J connectivity index is 1.87. The van der Waals surface area contributed by atoms with Crippen molar-refractivity contribution in [3.8, 4) is 0 Å². The van der Waals surface area contributed by atoms with Crippen LogP contribution in [0.3, 0.4) is 0 Å². The number of benzene rings is 2. The van der Waals surface area contributed by atoms with Gasteiger partial charge < -0.3 is 15.0 Å². The number of para-hydroxylation sites is 1. The second-order valence-corrected chi connectivity index (χ2v) is 6.01. The number of carbonyl (C=O) groups is 1. The minimum absolute atomic E-state index is 0.0905. The Kier molecular flexibility index (Phi) is 3.53. The van der Waals surface area contributed by atoms with E-state index in [1.54, 1.807) is 0 Å². The molecule has 0 fully saturated rings. The summed E-state index contributed by atoms with van der Waals surface area (Å²) in [6.45, 7) is 6.71. The molecule has 4 nitrogen and oxygen atoms in total. The van der Waals surface area contributed by atoms with Gasteiger partial charge in [-0.1, -0.05) is 24.3 Å². The van der Waals surface area contributed by atoms with E-state index in [1.807, 2.05) is 24.3 Å². The first-order chi connectivity index (χ1) is 11.7. The van der Waals surface area contributed by atoms with Gasteiger partial charge in [-0.3, -0.25) is 4.79 Å². The topological polar surface area (TPSA) is 41.6 Å². The molecule has 24 heavy (non-hydrogen) atoms. The van der Waals surface area contributed by atoms with Crippen molar-refractivity contribution >= 4 is 28.6 Å². The molecule has 0 radical (unpaired) electrons. The number of nitrogens with zero attached hydrogens (tertiary/aromatic N) is 1. The molecule has 0 spiro atoms. The zero-order valence-electron chi connectivity index (χ0n) is 13.9. The number of fused-ring (bicyclic) bond motifs is 2. The van der Waals surface area contributed by atoms with Crippen molar-refractivity contribution < 1.29 is 9.53 Å². The molecule has 1 amide bonds. The number of amides is 1. The monoisotopic (exact) mass is 320 g/mol. The maximum atomic E-state index is 12.5. The van der Waals surface area contributed by atoms with Gasteiger partial charge in [-0.05, 0) is 32.0 Å². The van der Waals surface area contributed by atoms with Crippen molar-refractivity contribution in [2.24, 2.45) is 0 Å². The molecular weight excluding hydrogens is 300 g/mol. The van der Waals surface area contributed by atoms with Crippen molar-refractivity contribution in [2.45, 2.75) is 20.5 Å². The minimum Gasteiger partial charge on any atom is -0.487 e. The number of ether oxygens (including phenoxy) is 1. The van der Waals surface area contributed by atoms with E-state index in [1.165, 1.54) is 0 Å². The van der Waals surface area contributed by atoms with Gasteiger partial charge in [0.05, 0.1) is 5.57 Å². The van der Waals surface area contributed by atoms with Crippen molar-refractivity contribution in [2.75, 3.05) is 23.3 Å². The molecule has 0 atom stereocenters. The van der Waals surface area contributed by atoms with Gasteiger partial charge in [-0.15, -0.1) is 0 Å². The van der Waals surface area contributed by atoms with Crippen LogP contribution in [-0.2, 0) is 16.1 Å². The Bertz CT molecular complexity index is 850. The normalized spacial score (nSPS) is 18.0. The molecule has 2 aromatic carbocycles. The molecular formula is C20H20N2O2. The van der Waals surface area contributed by atoms with Gasteiger partial charge in [0.2, 0.25) is 0 Å². The maximum Gasteiger partial charge on any atom is 0.260 e. The van der Waals surface area contributed by atoms with Crippen LogP contribution in [-0.4, -0.2) is 19.0 Å². The first kappa shape index (κ1) is 14.8. The fourth-order valence-electron chi connectivity index (χ4n) is 3.46. The number of anilines is 2. The summed E-state index contributed by atoms with van der Waals surface area (Å²) in [5, 5.41) is 2.93. The molecule has 0 bridgehead atoms. The number of hydrogen-bond acceptors (Lipinski definition) is 3. The molecule has 0 saturated carbocycles. The summed E-state index contributed by atoms with van der Waals surface area (Å²) < 4.78 is 5.94. The van der Waals surface area contributed by atoms with Crippen LogP contribution < -0.4 is 10.2 Å². The predicted octanol–water partition coefficient (Wildman–Crippen LogP) is 3.88. The smallest absolute Gasteiger partial charge is 0.260 e. The highest BCUT2D eigenvalue weighted by atomic mass is 16.5. The highest BCUT2D eigenvalue weighted by molar-refractivity contribution is 6.36. The molecule has 2 heterocycles. The summed E-state index contributed by atoms with van der Waals surface area (Å²) in [5.41, 5.74) is 5.72. The van der Waals surface area contributed by atoms with Crippen LogP contribution in [0.25, 0.3) is 11.3 Å². The lowest BCUT2D eigenvalue weighted by Crippen LogP contribution is -2.21. The lowest BCUT2D eigenvalue weighted by molar-refractivity contribution is -0.110. The van der Waals surface area contributed by atoms with E-state index in [0.29, 0.717) is 17.9 Å². The number of rotatable bonds is 3. The Morgan fingerprint density at radius 3 is 2.67 bits per heavy atom. The zero-order valence-corrected chi connectivity index (χ0v) is 13.9. The van der Waals surface area contributed by atoms with Crippen LogP contribution >= 0.6 is 0 Å². The Morgan fingerprint density at radius 1 is 1.08 bits per heavy atom. The first-order valence-electron chi connectivity index (χ1n) is 8.39. The summed E-state index contributed by atoms with van der Waals surface area (Å²) >= 11 is 0. The molecule has 122 valence electrons. The van der Waals surface area contributed by atoms with Crippen LogP contribution in [0.5, 0.6) is 0 Å². The molecule has 2 aliphatic rings. The summed E-state index contributed by atoms with van der Waals surface area (Å²) in [6, 6.07) is 14.1. The molecule has 0 aliphatic carbocycles. The first-order valence-corrected chi connectivity index (χ1v) is 8.39. The largest absolute Gasteiger partial charge is 0.487 e. The molecule has 2 aliphatic heterocycles. The standard InChI is InChI=1S/C20H20N2O2/c1-3-22(4-2)14-10-9-13-12-24-19(16(13)11-14)18-15-7-5-6-8-17(15)21-20(18)23/h5-11H,3-4,12H2,1-2H3,(H,21,23). The second-order valence-electron chi connectivity index (χ2n) is 6.01. The van der Waals surface area contributed by atoms with E-state index in [2.05, 4.69) is 42.3 Å². The van der Waals surface area contributed by atoms with Crippen molar-refractivity contribution in [3.63, 3.8) is 0 Å². The van der Waals surface area contributed by atoms with Crippen LogP contribution in [0.2, 0.25) is 0 Å². The molecule has 0 unspecified atom stereocenters. The average Bonchev–Trinajstić information content (AvgIpc) is 3.15. The molecule has 4 rings (SSSR count). The SMILES string of the molecule is CCN(CC)c1ccc2c(c1)C(=C1C(=O)Nc3ccccc31)OC2. The lowest BCUT2D eigenvalue weighted by Gasteiger charge is -2.21. The summed E-state index contributed by atoms with van der Waals surface area (Å²) in [6.07, 6.45) is 0. The fraction of sp³-hybridized carbons (Fsp3) is 0.250. The third-order valence-electron chi connectivity index (χ3n) is 4.74. The van der Waals surface area contributed by atoms with Crippen LogP contribution in [0.1, 0.15) is 30.5 Å². The second kappa shape index (κ2) is 5.71. The van der Waals surface area contributed by atoms with Crippen molar-refractivity contribution in [1.82, 2.24) is 0 Å². The van der Waals surface area contributed by atoms with Gasteiger partial charge >= 0.3 is 0 Å². The van der Waals surface area contributed by atoms with Crippen LogP contribution in [0.4, 0.5) is 11.4 Å². The van der Waals surface area contributed by atoms with Crippen molar-refractivity contribution in [3.05, 3.63) is 59.2 Å². The maximum absolute atomic E-state index is 12.5. The van der Waals surface area contributed by atoms with E-state index in [-0.39, 0.29) is 5.91 Å². The van der Waals surface area contributed by atoms with Gasteiger partial charge in [0.25, 0.3) is 5.91 Å². The van der Waals surface area contributed by atoms with E-state index in [0.717, 1.165) is 41.2 Å². The van der Waals surface area contributed by atoms with Gasteiger partial charge in [0, 0.05) is 41.2 Å².